The van der Waals surface area contributed by atoms with Crippen LogP contribution in [0.25, 0.3) is 0 Å². The molecule has 0 saturated heterocycles. The van der Waals surface area contributed by atoms with Crippen molar-refractivity contribution in [2.24, 2.45) is 5.92 Å². The Kier molecular flexibility index (Phi) is 6.98. The van der Waals surface area contributed by atoms with E-state index in [-0.39, 0.29) is 0 Å². The molecule has 5 heteroatoms. The van der Waals surface area contributed by atoms with Crippen LogP contribution in [0.5, 0.6) is 0 Å². The summed E-state index contributed by atoms with van der Waals surface area (Å²) in [6.45, 7) is 8.57. The standard InChI is InChI=1S/C13H22ClN3O/c1-4-5-11-12(14)16-9-17-13(11)15-6-7-18-8-10(2)3/h9-10H,4-8H2,1-3H3,(H,15,16,17). The van der Waals surface area contributed by atoms with Crippen LogP contribution in [0.2, 0.25) is 5.15 Å². The molecule has 1 heterocycles. The van der Waals surface area contributed by atoms with Gasteiger partial charge in [-0.2, -0.15) is 0 Å². The highest BCUT2D eigenvalue weighted by atomic mass is 35.5. The van der Waals surface area contributed by atoms with Crippen LogP contribution in [0, 0.1) is 5.92 Å². The lowest BCUT2D eigenvalue weighted by molar-refractivity contribution is 0.118. The van der Waals surface area contributed by atoms with E-state index in [1.807, 2.05) is 0 Å². The molecule has 0 aliphatic heterocycles. The Balaban J connectivity index is 2.44. The first-order chi connectivity index (χ1) is 8.65. The van der Waals surface area contributed by atoms with E-state index in [2.05, 4.69) is 36.1 Å². The van der Waals surface area contributed by atoms with E-state index in [0.717, 1.165) is 37.4 Å². The Morgan fingerprint density at radius 1 is 1.39 bits per heavy atom. The van der Waals surface area contributed by atoms with E-state index in [0.29, 0.717) is 17.7 Å². The molecule has 1 N–H and O–H groups in total. The van der Waals surface area contributed by atoms with Gasteiger partial charge in [0.05, 0.1) is 6.61 Å². The zero-order valence-electron chi connectivity index (χ0n) is 11.4. The number of nitrogens with one attached hydrogen (secondary N) is 1. The van der Waals surface area contributed by atoms with E-state index in [4.69, 9.17) is 16.3 Å². The third-order valence-corrected chi connectivity index (χ3v) is 2.71. The molecule has 0 aromatic carbocycles. The monoisotopic (exact) mass is 271 g/mol. The summed E-state index contributed by atoms with van der Waals surface area (Å²) < 4.78 is 5.51. The lowest BCUT2D eigenvalue weighted by Crippen LogP contribution is -2.14. The third-order valence-electron chi connectivity index (χ3n) is 2.38. The van der Waals surface area contributed by atoms with Crippen molar-refractivity contribution in [1.29, 1.82) is 0 Å². The number of hydrogen-bond acceptors (Lipinski definition) is 4. The molecule has 0 fully saturated rings. The molecule has 0 radical (unpaired) electrons. The van der Waals surface area contributed by atoms with Crippen molar-refractivity contribution in [3.8, 4) is 0 Å². The molecule has 0 saturated carbocycles. The molecule has 0 atom stereocenters. The maximum absolute atomic E-state index is 6.07. The largest absolute Gasteiger partial charge is 0.379 e. The molecule has 102 valence electrons. The zero-order chi connectivity index (χ0) is 13.4. The topological polar surface area (TPSA) is 47.0 Å². The number of anilines is 1. The predicted octanol–water partition coefficient (Wildman–Crippen LogP) is 3.17. The van der Waals surface area contributed by atoms with Crippen molar-refractivity contribution in [2.45, 2.75) is 33.6 Å². The first-order valence-corrected chi connectivity index (χ1v) is 6.84. The zero-order valence-corrected chi connectivity index (χ0v) is 12.1. The Hall–Kier alpha value is -0.870. The van der Waals surface area contributed by atoms with Crippen LogP contribution >= 0.6 is 11.6 Å². The van der Waals surface area contributed by atoms with Crippen LogP contribution in [0.4, 0.5) is 5.82 Å². The van der Waals surface area contributed by atoms with Gasteiger partial charge in [0.25, 0.3) is 0 Å². The number of aromatic nitrogens is 2. The Morgan fingerprint density at radius 3 is 2.83 bits per heavy atom. The van der Waals surface area contributed by atoms with Gasteiger partial charge in [0.15, 0.2) is 0 Å². The minimum Gasteiger partial charge on any atom is -0.379 e. The summed E-state index contributed by atoms with van der Waals surface area (Å²) in [7, 11) is 0. The minimum atomic E-state index is 0.539. The second-order valence-electron chi connectivity index (χ2n) is 4.64. The van der Waals surface area contributed by atoms with Gasteiger partial charge >= 0.3 is 0 Å². The molecule has 4 nitrogen and oxygen atoms in total. The average molecular weight is 272 g/mol. The number of hydrogen-bond donors (Lipinski definition) is 1. The second-order valence-corrected chi connectivity index (χ2v) is 5.00. The van der Waals surface area contributed by atoms with Crippen molar-refractivity contribution < 1.29 is 4.74 Å². The molecular weight excluding hydrogens is 250 g/mol. The molecule has 0 amide bonds. The van der Waals surface area contributed by atoms with Gasteiger partial charge in [0.2, 0.25) is 0 Å². The van der Waals surface area contributed by atoms with Crippen LogP contribution in [-0.2, 0) is 11.2 Å². The molecule has 1 rings (SSSR count). The van der Waals surface area contributed by atoms with Crippen molar-refractivity contribution in [1.82, 2.24) is 9.97 Å². The summed E-state index contributed by atoms with van der Waals surface area (Å²) in [5.41, 5.74) is 0.991. The maximum Gasteiger partial charge on any atom is 0.137 e. The molecular formula is C13H22ClN3O. The van der Waals surface area contributed by atoms with Gasteiger partial charge in [-0.25, -0.2) is 9.97 Å². The molecule has 1 aromatic heterocycles. The summed E-state index contributed by atoms with van der Waals surface area (Å²) >= 11 is 6.07. The van der Waals surface area contributed by atoms with Crippen molar-refractivity contribution in [3.05, 3.63) is 17.0 Å². The average Bonchev–Trinajstić information content (AvgIpc) is 2.32. The molecule has 0 aliphatic carbocycles. The van der Waals surface area contributed by atoms with Gasteiger partial charge in [-0.05, 0) is 12.3 Å². The van der Waals surface area contributed by atoms with E-state index >= 15 is 0 Å². The quantitative estimate of drug-likeness (QED) is 0.583. The van der Waals surface area contributed by atoms with E-state index in [1.54, 1.807) is 0 Å². The van der Waals surface area contributed by atoms with Gasteiger partial charge in [0, 0.05) is 18.7 Å². The number of halogens is 1. The van der Waals surface area contributed by atoms with E-state index < -0.39 is 0 Å². The normalized spacial score (nSPS) is 10.9. The van der Waals surface area contributed by atoms with Crippen LogP contribution in [0.1, 0.15) is 32.8 Å². The Bertz CT molecular complexity index is 358. The number of rotatable bonds is 8. The fourth-order valence-corrected chi connectivity index (χ4v) is 1.80. The minimum absolute atomic E-state index is 0.539. The van der Waals surface area contributed by atoms with Crippen molar-refractivity contribution in [2.75, 3.05) is 25.1 Å². The highest BCUT2D eigenvalue weighted by Crippen LogP contribution is 2.21. The van der Waals surface area contributed by atoms with Crippen LogP contribution in [0.15, 0.2) is 6.33 Å². The van der Waals surface area contributed by atoms with Crippen LogP contribution in [0.3, 0.4) is 0 Å². The van der Waals surface area contributed by atoms with Gasteiger partial charge in [-0.1, -0.05) is 38.8 Å². The molecule has 0 spiro atoms. The summed E-state index contributed by atoms with van der Waals surface area (Å²) in [4.78, 5) is 8.24. The fraction of sp³-hybridized carbons (Fsp3) is 0.692. The first-order valence-electron chi connectivity index (χ1n) is 6.46. The van der Waals surface area contributed by atoms with E-state index in [1.165, 1.54) is 6.33 Å². The van der Waals surface area contributed by atoms with Gasteiger partial charge < -0.3 is 10.1 Å². The first kappa shape index (κ1) is 15.2. The Morgan fingerprint density at radius 2 is 2.17 bits per heavy atom. The molecule has 0 bridgehead atoms. The van der Waals surface area contributed by atoms with Gasteiger partial charge in [-0.15, -0.1) is 0 Å². The van der Waals surface area contributed by atoms with E-state index in [9.17, 15) is 0 Å². The summed E-state index contributed by atoms with van der Waals surface area (Å²) in [5.74, 6) is 1.39. The molecule has 0 unspecified atom stereocenters. The molecule has 1 aromatic rings. The smallest absolute Gasteiger partial charge is 0.137 e. The summed E-state index contributed by atoms with van der Waals surface area (Å²) in [6, 6.07) is 0. The number of nitrogens with zero attached hydrogens (tertiary/aromatic N) is 2. The van der Waals surface area contributed by atoms with Crippen molar-refractivity contribution >= 4 is 17.4 Å². The second kappa shape index (κ2) is 8.27. The molecule has 0 aliphatic rings. The lowest BCUT2D eigenvalue weighted by Gasteiger charge is -2.12. The highest BCUT2D eigenvalue weighted by Gasteiger charge is 2.08. The molecule has 18 heavy (non-hydrogen) atoms. The Labute approximate surface area is 114 Å². The summed E-state index contributed by atoms with van der Waals surface area (Å²) in [6.07, 6.45) is 3.39. The maximum atomic E-state index is 6.07. The summed E-state index contributed by atoms with van der Waals surface area (Å²) in [5, 5.41) is 3.79. The predicted molar refractivity (Wildman–Crippen MR) is 75.2 cm³/mol. The fourth-order valence-electron chi connectivity index (χ4n) is 1.58. The lowest BCUT2D eigenvalue weighted by atomic mass is 10.2. The van der Waals surface area contributed by atoms with Crippen LogP contribution in [-0.4, -0.2) is 29.7 Å². The highest BCUT2D eigenvalue weighted by molar-refractivity contribution is 6.30. The third kappa shape index (κ3) is 5.19. The van der Waals surface area contributed by atoms with Gasteiger partial charge in [0.1, 0.15) is 17.3 Å². The SMILES string of the molecule is CCCc1c(Cl)ncnc1NCCOCC(C)C. The van der Waals surface area contributed by atoms with Gasteiger partial charge in [-0.3, -0.25) is 0 Å². The van der Waals surface area contributed by atoms with Crippen molar-refractivity contribution in [3.63, 3.8) is 0 Å². The van der Waals surface area contributed by atoms with Crippen LogP contribution < -0.4 is 5.32 Å². The number of ether oxygens (including phenoxy) is 1.